The van der Waals surface area contributed by atoms with Crippen LogP contribution < -0.4 is 10.6 Å². The van der Waals surface area contributed by atoms with E-state index in [2.05, 4.69) is 36.5 Å². The maximum Gasteiger partial charge on any atom is 0.191 e. The second kappa shape index (κ2) is 8.51. The average Bonchev–Trinajstić information content (AvgIpc) is 3.18. The molecule has 0 aromatic carbocycles. The summed E-state index contributed by atoms with van der Waals surface area (Å²) in [5.41, 5.74) is 3.66. The Bertz CT molecular complexity index is 586. The number of aryl methyl sites for hydroxylation is 2. The summed E-state index contributed by atoms with van der Waals surface area (Å²) in [7, 11) is 2.00. The highest BCUT2D eigenvalue weighted by Gasteiger charge is 2.41. The molecule has 6 nitrogen and oxygen atoms in total. The lowest BCUT2D eigenvalue weighted by Gasteiger charge is -2.22. The Kier molecular flexibility index (Phi) is 6.91. The molecule has 2 saturated heterocycles. The van der Waals surface area contributed by atoms with Crippen LogP contribution in [0.15, 0.2) is 4.99 Å². The summed E-state index contributed by atoms with van der Waals surface area (Å²) in [4.78, 5) is 4.75. The SMILES string of the molecule is CCNC(=NCCc1c(C)nn(C)c1C)NC1CC2CCC1O2.I. The molecular weight excluding hydrogens is 417 g/mol. The van der Waals surface area contributed by atoms with Gasteiger partial charge < -0.3 is 15.4 Å². The van der Waals surface area contributed by atoms with Gasteiger partial charge in [-0.05, 0) is 52.0 Å². The second-order valence-electron chi connectivity index (χ2n) is 6.64. The molecule has 1 aromatic heterocycles. The predicted molar refractivity (Wildman–Crippen MR) is 107 cm³/mol. The van der Waals surface area contributed by atoms with Gasteiger partial charge in [0.25, 0.3) is 0 Å². The van der Waals surface area contributed by atoms with Crippen molar-refractivity contribution in [2.45, 2.75) is 64.7 Å². The summed E-state index contributed by atoms with van der Waals surface area (Å²) in [6.07, 6.45) is 5.25. The van der Waals surface area contributed by atoms with E-state index < -0.39 is 0 Å². The molecule has 2 aliphatic heterocycles. The summed E-state index contributed by atoms with van der Waals surface area (Å²) in [6.45, 7) is 7.93. The normalized spacial score (nSPS) is 25.7. The Hall–Kier alpha value is -0.830. The number of nitrogens with zero attached hydrogens (tertiary/aromatic N) is 3. The van der Waals surface area contributed by atoms with Crippen LogP contribution in [0.3, 0.4) is 0 Å². The Labute approximate surface area is 161 Å². The zero-order valence-electron chi connectivity index (χ0n) is 15.1. The van der Waals surface area contributed by atoms with Crippen LogP contribution in [0.4, 0.5) is 0 Å². The van der Waals surface area contributed by atoms with Crippen LogP contribution >= 0.6 is 24.0 Å². The largest absolute Gasteiger partial charge is 0.373 e. The van der Waals surface area contributed by atoms with Gasteiger partial charge in [0.05, 0.1) is 23.9 Å². The van der Waals surface area contributed by atoms with E-state index in [1.165, 1.54) is 24.1 Å². The number of aliphatic imine (C=N–C) groups is 1. The Morgan fingerprint density at radius 2 is 2.17 bits per heavy atom. The third-order valence-electron chi connectivity index (χ3n) is 5.06. The van der Waals surface area contributed by atoms with Crippen molar-refractivity contribution in [1.29, 1.82) is 0 Å². The van der Waals surface area contributed by atoms with Gasteiger partial charge in [-0.1, -0.05) is 0 Å². The maximum atomic E-state index is 5.92. The van der Waals surface area contributed by atoms with Crippen LogP contribution in [0.2, 0.25) is 0 Å². The van der Waals surface area contributed by atoms with Crippen molar-refractivity contribution in [2.24, 2.45) is 12.0 Å². The molecule has 3 heterocycles. The number of rotatable bonds is 5. The minimum absolute atomic E-state index is 0. The highest BCUT2D eigenvalue weighted by Crippen LogP contribution is 2.34. The van der Waals surface area contributed by atoms with Crippen molar-refractivity contribution < 1.29 is 4.74 Å². The molecule has 3 unspecified atom stereocenters. The molecule has 1 aromatic rings. The lowest BCUT2D eigenvalue weighted by molar-refractivity contribution is 0.0992. The van der Waals surface area contributed by atoms with E-state index >= 15 is 0 Å². The standard InChI is InChI=1S/C17H29N5O.HI/c1-5-18-17(20-15-10-13-6-7-16(15)23-13)19-9-8-14-11(2)21-22(4)12(14)3;/h13,15-16H,5-10H2,1-4H3,(H2,18,19,20);1H. The predicted octanol–water partition coefficient (Wildman–Crippen LogP) is 2.07. The van der Waals surface area contributed by atoms with Gasteiger partial charge in [0, 0.05) is 25.8 Å². The molecule has 24 heavy (non-hydrogen) atoms. The monoisotopic (exact) mass is 447 g/mol. The molecule has 3 atom stereocenters. The van der Waals surface area contributed by atoms with Gasteiger partial charge in [0.1, 0.15) is 0 Å². The van der Waals surface area contributed by atoms with Gasteiger partial charge in [0.2, 0.25) is 0 Å². The third-order valence-corrected chi connectivity index (χ3v) is 5.06. The first-order valence-electron chi connectivity index (χ1n) is 8.77. The quantitative estimate of drug-likeness (QED) is 0.412. The van der Waals surface area contributed by atoms with Crippen molar-refractivity contribution in [3.63, 3.8) is 0 Å². The molecule has 2 N–H and O–H groups in total. The van der Waals surface area contributed by atoms with Crippen LogP contribution in [-0.4, -0.2) is 47.1 Å². The fourth-order valence-corrected chi connectivity index (χ4v) is 3.74. The third kappa shape index (κ3) is 4.22. The highest BCUT2D eigenvalue weighted by atomic mass is 127. The number of hydrogen-bond donors (Lipinski definition) is 2. The van der Waals surface area contributed by atoms with Crippen molar-refractivity contribution in [1.82, 2.24) is 20.4 Å². The minimum atomic E-state index is 0. The van der Waals surface area contributed by atoms with Crippen LogP contribution in [0.1, 0.15) is 43.1 Å². The van der Waals surface area contributed by atoms with Gasteiger partial charge in [0.15, 0.2) is 5.96 Å². The molecule has 2 bridgehead atoms. The van der Waals surface area contributed by atoms with E-state index in [0.717, 1.165) is 37.6 Å². The van der Waals surface area contributed by atoms with Gasteiger partial charge >= 0.3 is 0 Å². The van der Waals surface area contributed by atoms with Crippen molar-refractivity contribution >= 4 is 29.9 Å². The molecule has 7 heteroatoms. The van der Waals surface area contributed by atoms with Crippen LogP contribution in [0.5, 0.6) is 0 Å². The smallest absolute Gasteiger partial charge is 0.191 e. The number of fused-ring (bicyclic) bond motifs is 2. The molecular formula is C17H30IN5O. The van der Waals surface area contributed by atoms with E-state index in [9.17, 15) is 0 Å². The number of hydrogen-bond acceptors (Lipinski definition) is 3. The van der Waals surface area contributed by atoms with Gasteiger partial charge in [-0.2, -0.15) is 5.10 Å². The van der Waals surface area contributed by atoms with Crippen molar-refractivity contribution in [2.75, 3.05) is 13.1 Å². The zero-order valence-corrected chi connectivity index (χ0v) is 17.5. The first-order valence-corrected chi connectivity index (χ1v) is 8.77. The minimum Gasteiger partial charge on any atom is -0.373 e. The summed E-state index contributed by atoms with van der Waals surface area (Å²) < 4.78 is 7.86. The molecule has 2 fully saturated rings. The molecule has 0 aliphatic carbocycles. The second-order valence-corrected chi connectivity index (χ2v) is 6.64. The van der Waals surface area contributed by atoms with Crippen molar-refractivity contribution in [3.8, 4) is 0 Å². The Morgan fingerprint density at radius 1 is 1.38 bits per heavy atom. The van der Waals surface area contributed by atoms with Gasteiger partial charge in [-0.15, -0.1) is 24.0 Å². The van der Waals surface area contributed by atoms with Crippen LogP contribution in [-0.2, 0) is 18.2 Å². The summed E-state index contributed by atoms with van der Waals surface area (Å²) in [6, 6.07) is 0.411. The number of aromatic nitrogens is 2. The van der Waals surface area contributed by atoms with E-state index in [1.54, 1.807) is 0 Å². The first-order chi connectivity index (χ1) is 11.1. The number of ether oxygens (including phenoxy) is 1. The van der Waals surface area contributed by atoms with Gasteiger partial charge in [-0.3, -0.25) is 9.67 Å². The highest BCUT2D eigenvalue weighted by molar-refractivity contribution is 14.0. The molecule has 0 amide bonds. The summed E-state index contributed by atoms with van der Waals surface area (Å²) in [5, 5.41) is 11.4. The fraction of sp³-hybridized carbons (Fsp3) is 0.765. The van der Waals surface area contributed by atoms with E-state index in [0.29, 0.717) is 18.2 Å². The molecule has 0 radical (unpaired) electrons. The van der Waals surface area contributed by atoms with Crippen LogP contribution in [0.25, 0.3) is 0 Å². The molecule has 3 rings (SSSR count). The zero-order chi connectivity index (χ0) is 16.4. The summed E-state index contributed by atoms with van der Waals surface area (Å²) >= 11 is 0. The average molecular weight is 447 g/mol. The maximum absolute atomic E-state index is 5.92. The lowest BCUT2D eigenvalue weighted by Crippen LogP contribution is -2.47. The number of halogens is 1. The Balaban J connectivity index is 0.00000208. The van der Waals surface area contributed by atoms with Crippen LogP contribution in [0, 0.1) is 13.8 Å². The number of guanidine groups is 1. The first kappa shape index (κ1) is 19.5. The van der Waals surface area contributed by atoms with Crippen molar-refractivity contribution in [3.05, 3.63) is 17.0 Å². The van der Waals surface area contributed by atoms with E-state index in [-0.39, 0.29) is 24.0 Å². The Morgan fingerprint density at radius 3 is 2.71 bits per heavy atom. The topological polar surface area (TPSA) is 63.5 Å². The fourth-order valence-electron chi connectivity index (χ4n) is 3.74. The molecule has 2 aliphatic rings. The number of nitrogens with one attached hydrogen (secondary N) is 2. The molecule has 136 valence electrons. The van der Waals surface area contributed by atoms with E-state index in [1.807, 2.05) is 11.7 Å². The lowest BCUT2D eigenvalue weighted by atomic mass is 9.96. The van der Waals surface area contributed by atoms with Gasteiger partial charge in [-0.25, -0.2) is 0 Å². The summed E-state index contributed by atoms with van der Waals surface area (Å²) in [5.74, 6) is 0.910. The molecule has 0 saturated carbocycles. The van der Waals surface area contributed by atoms with E-state index in [4.69, 9.17) is 9.73 Å². The molecule has 0 spiro atoms.